The van der Waals surface area contributed by atoms with E-state index >= 15 is 0 Å². The highest BCUT2D eigenvalue weighted by Gasteiger charge is 2.55. The topological polar surface area (TPSA) is 61.4 Å². The molecule has 8 heteroatoms. The number of nitrogens with one attached hydrogen (secondary N) is 2. The first-order chi connectivity index (χ1) is 10.3. The lowest BCUT2D eigenvalue weighted by molar-refractivity contribution is -0.263. The Morgan fingerprint density at radius 3 is 2.36 bits per heavy atom. The van der Waals surface area contributed by atoms with Crippen molar-refractivity contribution in [3.63, 3.8) is 0 Å². The molecule has 2 aromatic rings. The SMILES string of the molecule is O=C(NC[C@@](O)(c1ccccc1)C(F)(F)F)Nc1cccs1. The van der Waals surface area contributed by atoms with Crippen LogP contribution in [-0.4, -0.2) is 23.9 Å². The van der Waals surface area contributed by atoms with Crippen LogP contribution in [0.3, 0.4) is 0 Å². The van der Waals surface area contributed by atoms with Crippen molar-refractivity contribution >= 4 is 22.4 Å². The molecular formula is C14H13F3N2O2S. The number of hydrogen-bond donors (Lipinski definition) is 3. The fraction of sp³-hybridized carbons (Fsp3) is 0.214. The molecule has 2 amide bonds. The molecule has 118 valence electrons. The summed E-state index contributed by atoms with van der Waals surface area (Å²) in [5.41, 5.74) is -3.49. The lowest BCUT2D eigenvalue weighted by Crippen LogP contribution is -2.51. The summed E-state index contributed by atoms with van der Waals surface area (Å²) in [7, 11) is 0. The molecule has 0 saturated heterocycles. The zero-order chi connectivity index (χ0) is 16.2. The van der Waals surface area contributed by atoms with Crippen LogP contribution in [0.1, 0.15) is 5.56 Å². The first-order valence-electron chi connectivity index (χ1n) is 6.26. The molecule has 0 spiro atoms. The lowest BCUT2D eigenvalue weighted by Gasteiger charge is -2.31. The van der Waals surface area contributed by atoms with Crippen LogP contribution < -0.4 is 10.6 Å². The van der Waals surface area contributed by atoms with Gasteiger partial charge in [0.1, 0.15) is 0 Å². The van der Waals surface area contributed by atoms with E-state index in [1.54, 1.807) is 17.5 Å². The number of rotatable bonds is 4. The van der Waals surface area contributed by atoms with Gasteiger partial charge in [0, 0.05) is 0 Å². The summed E-state index contributed by atoms with van der Waals surface area (Å²) < 4.78 is 39.6. The minimum atomic E-state index is -4.93. The molecule has 0 aliphatic carbocycles. The van der Waals surface area contributed by atoms with Crippen molar-refractivity contribution < 1.29 is 23.1 Å². The van der Waals surface area contributed by atoms with Crippen LogP contribution in [0.15, 0.2) is 47.8 Å². The highest BCUT2D eigenvalue weighted by molar-refractivity contribution is 7.14. The smallest absolute Gasteiger partial charge is 0.375 e. The van der Waals surface area contributed by atoms with E-state index in [0.29, 0.717) is 5.00 Å². The van der Waals surface area contributed by atoms with E-state index in [1.807, 2.05) is 0 Å². The van der Waals surface area contributed by atoms with Crippen molar-refractivity contribution in [2.24, 2.45) is 0 Å². The van der Waals surface area contributed by atoms with Gasteiger partial charge in [0.2, 0.25) is 5.60 Å². The van der Waals surface area contributed by atoms with Crippen LogP contribution in [0, 0.1) is 0 Å². The zero-order valence-electron chi connectivity index (χ0n) is 11.2. The number of amides is 2. The van der Waals surface area contributed by atoms with Crippen molar-refractivity contribution in [1.82, 2.24) is 5.32 Å². The van der Waals surface area contributed by atoms with Crippen molar-refractivity contribution in [3.8, 4) is 0 Å². The molecule has 0 bridgehead atoms. The first kappa shape index (κ1) is 16.3. The molecule has 1 aromatic heterocycles. The molecule has 1 heterocycles. The number of urea groups is 1. The summed E-state index contributed by atoms with van der Waals surface area (Å²) in [6, 6.07) is 9.11. The maximum absolute atomic E-state index is 13.2. The summed E-state index contributed by atoms with van der Waals surface area (Å²) in [5.74, 6) is 0. The molecule has 1 aromatic carbocycles. The molecular weight excluding hydrogens is 317 g/mol. The number of carbonyl (C=O) groups is 1. The van der Waals surface area contributed by atoms with Gasteiger partial charge in [0.25, 0.3) is 0 Å². The summed E-state index contributed by atoms with van der Waals surface area (Å²) >= 11 is 1.23. The third-order valence-corrected chi connectivity index (χ3v) is 3.77. The van der Waals surface area contributed by atoms with E-state index in [1.165, 1.54) is 29.5 Å². The maximum atomic E-state index is 13.2. The summed E-state index contributed by atoms with van der Waals surface area (Å²) in [6.07, 6.45) is -4.93. The Hall–Kier alpha value is -2.06. The summed E-state index contributed by atoms with van der Waals surface area (Å²) in [4.78, 5) is 11.6. The number of anilines is 1. The first-order valence-corrected chi connectivity index (χ1v) is 7.14. The van der Waals surface area contributed by atoms with E-state index in [2.05, 4.69) is 10.6 Å². The van der Waals surface area contributed by atoms with Gasteiger partial charge in [0.15, 0.2) is 0 Å². The highest BCUT2D eigenvalue weighted by Crippen LogP contribution is 2.38. The molecule has 22 heavy (non-hydrogen) atoms. The Labute approximate surface area is 128 Å². The quantitative estimate of drug-likeness (QED) is 0.805. The van der Waals surface area contributed by atoms with E-state index in [0.717, 1.165) is 12.1 Å². The van der Waals surface area contributed by atoms with Crippen LogP contribution in [-0.2, 0) is 5.60 Å². The second kappa shape index (κ2) is 6.37. The van der Waals surface area contributed by atoms with Crippen LogP contribution >= 0.6 is 11.3 Å². The minimum absolute atomic E-state index is 0.334. The van der Waals surface area contributed by atoms with Crippen LogP contribution in [0.25, 0.3) is 0 Å². The van der Waals surface area contributed by atoms with Gasteiger partial charge < -0.3 is 10.4 Å². The Morgan fingerprint density at radius 2 is 1.82 bits per heavy atom. The molecule has 0 saturated carbocycles. The fourth-order valence-corrected chi connectivity index (χ4v) is 2.41. The van der Waals surface area contributed by atoms with Gasteiger partial charge >= 0.3 is 12.2 Å². The normalized spacial score (nSPS) is 14.2. The monoisotopic (exact) mass is 330 g/mol. The van der Waals surface area contributed by atoms with Gasteiger partial charge in [-0.15, -0.1) is 11.3 Å². The summed E-state index contributed by atoms with van der Waals surface area (Å²) in [5, 5.41) is 16.7. The number of aliphatic hydroxyl groups is 1. The Kier molecular flexibility index (Phi) is 4.72. The fourth-order valence-electron chi connectivity index (χ4n) is 1.79. The van der Waals surface area contributed by atoms with Gasteiger partial charge in [-0.3, -0.25) is 5.32 Å². The summed E-state index contributed by atoms with van der Waals surface area (Å²) in [6.45, 7) is -0.988. The average Bonchev–Trinajstić information content (AvgIpc) is 2.97. The number of benzene rings is 1. The van der Waals surface area contributed by atoms with E-state index in [4.69, 9.17) is 0 Å². The lowest BCUT2D eigenvalue weighted by atomic mass is 9.93. The number of alkyl halides is 3. The molecule has 0 radical (unpaired) electrons. The van der Waals surface area contributed by atoms with Crippen molar-refractivity contribution in [2.45, 2.75) is 11.8 Å². The average molecular weight is 330 g/mol. The predicted octanol–water partition coefficient (Wildman–Crippen LogP) is 3.32. The number of halogens is 3. The van der Waals surface area contributed by atoms with Gasteiger partial charge in [-0.25, -0.2) is 4.79 Å². The minimum Gasteiger partial charge on any atom is -0.375 e. The van der Waals surface area contributed by atoms with Crippen LogP contribution in [0.5, 0.6) is 0 Å². The molecule has 0 aliphatic rings. The molecule has 0 fully saturated rings. The Morgan fingerprint density at radius 1 is 1.14 bits per heavy atom. The van der Waals surface area contributed by atoms with E-state index < -0.39 is 24.4 Å². The Balaban J connectivity index is 2.10. The molecule has 0 aliphatic heterocycles. The second-order valence-corrected chi connectivity index (χ2v) is 5.46. The third kappa shape index (κ3) is 3.58. The van der Waals surface area contributed by atoms with Gasteiger partial charge in [0.05, 0.1) is 11.5 Å². The van der Waals surface area contributed by atoms with Gasteiger partial charge in [-0.05, 0) is 23.1 Å². The van der Waals surface area contributed by atoms with Crippen LogP contribution in [0.2, 0.25) is 0 Å². The maximum Gasteiger partial charge on any atom is 0.423 e. The Bertz CT molecular complexity index is 617. The van der Waals surface area contributed by atoms with Gasteiger partial charge in [-0.2, -0.15) is 13.2 Å². The second-order valence-electron chi connectivity index (χ2n) is 4.51. The molecule has 3 N–H and O–H groups in total. The highest BCUT2D eigenvalue weighted by atomic mass is 32.1. The molecule has 4 nitrogen and oxygen atoms in total. The molecule has 0 unspecified atom stereocenters. The van der Waals surface area contributed by atoms with Crippen molar-refractivity contribution in [3.05, 3.63) is 53.4 Å². The van der Waals surface area contributed by atoms with Gasteiger partial charge in [-0.1, -0.05) is 30.3 Å². The number of hydrogen-bond acceptors (Lipinski definition) is 3. The third-order valence-electron chi connectivity index (χ3n) is 2.98. The molecule has 2 rings (SSSR count). The van der Waals surface area contributed by atoms with E-state index in [-0.39, 0.29) is 5.56 Å². The largest absolute Gasteiger partial charge is 0.423 e. The molecule has 1 atom stereocenters. The number of carbonyl (C=O) groups excluding carboxylic acids is 1. The van der Waals surface area contributed by atoms with Crippen molar-refractivity contribution in [1.29, 1.82) is 0 Å². The standard InChI is InChI=1S/C14H13F3N2O2S/c15-14(16,17)13(21,10-5-2-1-3-6-10)9-18-12(20)19-11-7-4-8-22-11/h1-8,21H,9H2,(H2,18,19,20)/t13-/m1/s1. The number of thiophene rings is 1. The van der Waals surface area contributed by atoms with Crippen LogP contribution in [0.4, 0.5) is 23.0 Å². The van der Waals surface area contributed by atoms with E-state index in [9.17, 15) is 23.1 Å². The zero-order valence-corrected chi connectivity index (χ0v) is 12.0. The predicted molar refractivity (Wildman–Crippen MR) is 77.7 cm³/mol. The van der Waals surface area contributed by atoms with Crippen molar-refractivity contribution in [2.75, 3.05) is 11.9 Å².